The molecule has 25 heavy (non-hydrogen) atoms. The Morgan fingerprint density at radius 3 is 1.88 bits per heavy atom. The summed E-state index contributed by atoms with van der Waals surface area (Å²) in [5.41, 5.74) is 5.63. The molecule has 3 heteroatoms. The zero-order chi connectivity index (χ0) is 17.2. The van der Waals surface area contributed by atoms with Gasteiger partial charge in [0, 0.05) is 11.1 Å². The number of nitrogens with zero attached hydrogens (tertiary/aromatic N) is 2. The van der Waals surface area contributed by atoms with Crippen molar-refractivity contribution < 1.29 is 4.73 Å². The molecule has 0 amide bonds. The van der Waals surface area contributed by atoms with Gasteiger partial charge in [-0.15, -0.1) is 0 Å². The largest absolute Gasteiger partial charge is 0.710 e. The van der Waals surface area contributed by atoms with Crippen molar-refractivity contribution in [2.45, 2.75) is 6.92 Å². The predicted molar refractivity (Wildman–Crippen MR) is 100 cm³/mol. The molecule has 0 aliphatic heterocycles. The van der Waals surface area contributed by atoms with Crippen LogP contribution in [0, 0.1) is 12.1 Å². The van der Waals surface area contributed by atoms with Gasteiger partial charge in [-0.25, -0.2) is 4.73 Å². The minimum Gasteiger partial charge on any atom is -0.710 e. The topological polar surface area (TPSA) is 31.9 Å². The van der Waals surface area contributed by atoms with Gasteiger partial charge in [0.05, 0.1) is 0 Å². The summed E-state index contributed by atoms with van der Waals surface area (Å²) < 4.78 is 2.92. The van der Waals surface area contributed by atoms with Crippen LogP contribution in [0.3, 0.4) is 0 Å². The Kier molecular flexibility index (Phi) is 3.82. The third-order valence-electron chi connectivity index (χ3n) is 4.31. The molecule has 4 rings (SSSR count). The van der Waals surface area contributed by atoms with Crippen LogP contribution >= 0.6 is 0 Å². The number of imidazole rings is 1. The highest BCUT2D eigenvalue weighted by Gasteiger charge is 2.24. The first kappa shape index (κ1) is 15.2. The second-order valence-electron chi connectivity index (χ2n) is 6.08. The van der Waals surface area contributed by atoms with Gasteiger partial charge in [-0.05, 0) is 19.1 Å². The van der Waals surface area contributed by atoms with Crippen molar-refractivity contribution in [2.24, 2.45) is 0 Å². The number of hydrogen-bond acceptors (Lipinski definition) is 1. The first-order valence-electron chi connectivity index (χ1n) is 8.26. The molecule has 0 saturated heterocycles. The second kappa shape index (κ2) is 6.29. The number of aromatic nitrogens is 2. The summed E-state index contributed by atoms with van der Waals surface area (Å²) in [4.78, 5) is 0. The van der Waals surface area contributed by atoms with Crippen molar-refractivity contribution in [2.75, 3.05) is 0 Å². The van der Waals surface area contributed by atoms with E-state index in [0.717, 1.165) is 27.2 Å². The molecule has 0 fully saturated rings. The minimum atomic E-state index is 0.660. The van der Waals surface area contributed by atoms with Crippen molar-refractivity contribution >= 4 is 0 Å². The molecule has 1 heterocycles. The highest BCUT2D eigenvalue weighted by molar-refractivity contribution is 5.77. The molecule has 3 nitrogen and oxygen atoms in total. The zero-order valence-corrected chi connectivity index (χ0v) is 14.0. The lowest BCUT2D eigenvalue weighted by molar-refractivity contribution is -0.592. The number of benzene rings is 3. The first-order valence-corrected chi connectivity index (χ1v) is 8.26. The Morgan fingerprint density at radius 1 is 0.720 bits per heavy atom. The fourth-order valence-corrected chi connectivity index (χ4v) is 3.07. The molecule has 0 bridgehead atoms. The van der Waals surface area contributed by atoms with Crippen molar-refractivity contribution in [1.29, 1.82) is 0 Å². The molecule has 0 N–H and O–H groups in total. The van der Waals surface area contributed by atoms with Crippen LogP contribution in [0.1, 0.15) is 5.56 Å². The maximum Gasteiger partial charge on any atom is 0.253 e. The monoisotopic (exact) mass is 326 g/mol. The van der Waals surface area contributed by atoms with Crippen LogP contribution in [-0.4, -0.2) is 4.57 Å². The molecule has 0 saturated carbocycles. The van der Waals surface area contributed by atoms with E-state index in [4.69, 9.17) is 0 Å². The number of aryl methyl sites for hydroxylation is 1. The third-order valence-corrected chi connectivity index (χ3v) is 4.31. The summed E-state index contributed by atoms with van der Waals surface area (Å²) in [6, 6.07) is 28.0. The lowest BCUT2D eigenvalue weighted by atomic mass is 10.0. The van der Waals surface area contributed by atoms with Crippen molar-refractivity contribution in [3.8, 4) is 28.2 Å². The molecule has 4 aromatic rings. The van der Waals surface area contributed by atoms with Crippen LogP contribution in [0.2, 0.25) is 0 Å². The summed E-state index contributed by atoms with van der Waals surface area (Å²) in [6.07, 6.45) is 1.61. The van der Waals surface area contributed by atoms with Crippen molar-refractivity contribution in [3.63, 3.8) is 0 Å². The van der Waals surface area contributed by atoms with E-state index >= 15 is 0 Å². The summed E-state index contributed by atoms with van der Waals surface area (Å²) in [6.45, 7) is 2.06. The van der Waals surface area contributed by atoms with E-state index in [1.165, 1.54) is 5.56 Å². The van der Waals surface area contributed by atoms with Crippen LogP contribution in [-0.2, 0) is 0 Å². The van der Waals surface area contributed by atoms with Gasteiger partial charge in [-0.3, -0.25) is 0 Å². The molecular weight excluding hydrogens is 308 g/mol. The van der Waals surface area contributed by atoms with Gasteiger partial charge in [0.2, 0.25) is 0 Å². The van der Waals surface area contributed by atoms with E-state index < -0.39 is 0 Å². The van der Waals surface area contributed by atoms with E-state index in [9.17, 15) is 5.21 Å². The maximum atomic E-state index is 12.8. The molecule has 0 unspecified atom stereocenters. The van der Waals surface area contributed by atoms with E-state index in [1.54, 1.807) is 6.33 Å². The highest BCUT2D eigenvalue weighted by Crippen LogP contribution is 2.32. The quantitative estimate of drug-likeness (QED) is 0.395. The first-order chi connectivity index (χ1) is 12.2. The molecule has 0 atom stereocenters. The van der Waals surface area contributed by atoms with Crippen molar-refractivity contribution in [3.05, 3.63) is 102 Å². The van der Waals surface area contributed by atoms with Crippen LogP contribution in [0.4, 0.5) is 0 Å². The normalized spacial score (nSPS) is 10.8. The van der Waals surface area contributed by atoms with E-state index in [2.05, 4.69) is 19.1 Å². The van der Waals surface area contributed by atoms with Gasteiger partial charge in [-0.2, -0.15) is 4.57 Å². The van der Waals surface area contributed by atoms with Gasteiger partial charge in [0.25, 0.3) is 6.33 Å². The Morgan fingerprint density at radius 2 is 1.28 bits per heavy atom. The fraction of sp³-hybridized carbons (Fsp3) is 0.0455. The van der Waals surface area contributed by atoms with Crippen LogP contribution in [0.15, 0.2) is 91.3 Å². The standard InChI is InChI=1S/C22H18N2O/c1-17-12-14-20(15-13-17)23-16-24(25)22(19-10-6-3-7-11-19)21(23)18-8-4-2-5-9-18/h2-16H,1H3. The number of hydrogen-bond donors (Lipinski definition) is 0. The third kappa shape index (κ3) is 2.81. The maximum absolute atomic E-state index is 12.8. The van der Waals surface area contributed by atoms with Gasteiger partial charge >= 0.3 is 0 Å². The van der Waals surface area contributed by atoms with Crippen LogP contribution in [0.5, 0.6) is 0 Å². The predicted octanol–water partition coefficient (Wildman–Crippen LogP) is 4.75. The summed E-state index contributed by atoms with van der Waals surface area (Å²) in [5.74, 6) is 0. The molecule has 0 spiro atoms. The molecule has 1 aromatic heterocycles. The average Bonchev–Trinajstić information content (AvgIpc) is 3.01. The minimum absolute atomic E-state index is 0.660. The zero-order valence-electron chi connectivity index (χ0n) is 14.0. The van der Waals surface area contributed by atoms with E-state index in [1.807, 2.05) is 77.4 Å². The summed E-state index contributed by atoms with van der Waals surface area (Å²) >= 11 is 0. The van der Waals surface area contributed by atoms with Gasteiger partial charge in [0.1, 0.15) is 5.69 Å². The van der Waals surface area contributed by atoms with Gasteiger partial charge in [0.15, 0.2) is 11.4 Å². The second-order valence-corrected chi connectivity index (χ2v) is 6.08. The van der Waals surface area contributed by atoms with E-state index in [-0.39, 0.29) is 0 Å². The fourth-order valence-electron chi connectivity index (χ4n) is 3.07. The SMILES string of the molecule is Cc1ccc(-n2c[n+]([O-])c(-c3ccccc3)c2-c2ccccc2)cc1. The Balaban J connectivity index is 2.01. The summed E-state index contributed by atoms with van der Waals surface area (Å²) in [7, 11) is 0. The molecular formula is C22H18N2O. The Bertz CT molecular complexity index is 988. The molecule has 0 aliphatic carbocycles. The summed E-state index contributed by atoms with van der Waals surface area (Å²) in [5, 5.41) is 12.8. The highest BCUT2D eigenvalue weighted by atomic mass is 16.5. The van der Waals surface area contributed by atoms with E-state index in [0.29, 0.717) is 5.69 Å². The Labute approximate surface area is 147 Å². The lowest BCUT2D eigenvalue weighted by Crippen LogP contribution is -2.25. The van der Waals surface area contributed by atoms with Crippen molar-refractivity contribution in [1.82, 2.24) is 4.57 Å². The number of rotatable bonds is 3. The molecule has 0 aliphatic rings. The smallest absolute Gasteiger partial charge is 0.253 e. The van der Waals surface area contributed by atoms with Gasteiger partial charge in [-0.1, -0.05) is 78.4 Å². The lowest BCUT2D eigenvalue weighted by Gasteiger charge is -2.06. The Hall–Kier alpha value is -3.33. The molecule has 122 valence electrons. The van der Waals surface area contributed by atoms with Gasteiger partial charge < -0.3 is 5.21 Å². The molecule has 0 radical (unpaired) electrons. The van der Waals surface area contributed by atoms with Crippen LogP contribution < -0.4 is 4.73 Å². The average molecular weight is 326 g/mol. The molecule has 3 aromatic carbocycles. The van der Waals surface area contributed by atoms with Crippen LogP contribution in [0.25, 0.3) is 28.2 Å².